The highest BCUT2D eigenvalue weighted by atomic mass is 32.2. The zero-order valence-electron chi connectivity index (χ0n) is 10.8. The summed E-state index contributed by atoms with van der Waals surface area (Å²) >= 11 is 1.38. The molecule has 108 valence electrons. The molecule has 0 aromatic heterocycles. The molecule has 0 aliphatic carbocycles. The third kappa shape index (κ3) is 3.97. The molecule has 0 saturated carbocycles. The van der Waals surface area contributed by atoms with Crippen molar-refractivity contribution in [3.05, 3.63) is 30.3 Å². The summed E-state index contributed by atoms with van der Waals surface area (Å²) in [7, 11) is -3.13. The van der Waals surface area contributed by atoms with Crippen molar-refractivity contribution in [2.75, 3.05) is 23.1 Å². The van der Waals surface area contributed by atoms with Gasteiger partial charge in [-0.1, -0.05) is 23.4 Å². The fourth-order valence-electron chi connectivity index (χ4n) is 1.76. The SMILES string of the molecule is CSC1CS(=O)(=O)C/C1=N/OC(=O)Nc1ccccc1. The van der Waals surface area contributed by atoms with Gasteiger partial charge in [-0.2, -0.15) is 11.8 Å². The van der Waals surface area contributed by atoms with Gasteiger partial charge in [0.2, 0.25) is 0 Å². The zero-order chi connectivity index (χ0) is 14.6. The van der Waals surface area contributed by atoms with E-state index < -0.39 is 15.9 Å². The Hall–Kier alpha value is -1.54. The summed E-state index contributed by atoms with van der Waals surface area (Å²) in [6.45, 7) is 0. The van der Waals surface area contributed by atoms with Crippen molar-refractivity contribution < 1.29 is 18.0 Å². The predicted molar refractivity (Wildman–Crippen MR) is 79.9 cm³/mol. The van der Waals surface area contributed by atoms with Crippen LogP contribution in [0.5, 0.6) is 0 Å². The molecule has 1 atom stereocenters. The number of carbonyl (C=O) groups is 1. The normalized spacial score (nSPS) is 22.6. The van der Waals surface area contributed by atoms with E-state index in [1.54, 1.807) is 30.5 Å². The summed E-state index contributed by atoms with van der Waals surface area (Å²) in [6, 6.07) is 8.78. The smallest absolute Gasteiger partial charge is 0.298 e. The summed E-state index contributed by atoms with van der Waals surface area (Å²) in [5, 5.41) is 5.92. The van der Waals surface area contributed by atoms with Crippen LogP contribution in [-0.4, -0.2) is 43.2 Å². The van der Waals surface area contributed by atoms with Crippen molar-refractivity contribution in [3.8, 4) is 0 Å². The average molecular weight is 314 g/mol. The highest BCUT2D eigenvalue weighted by molar-refractivity contribution is 8.02. The summed E-state index contributed by atoms with van der Waals surface area (Å²) < 4.78 is 23.0. The van der Waals surface area contributed by atoms with Gasteiger partial charge in [0.1, 0.15) is 0 Å². The second kappa shape index (κ2) is 6.27. The van der Waals surface area contributed by atoms with Crippen molar-refractivity contribution in [2.24, 2.45) is 5.16 Å². The van der Waals surface area contributed by atoms with Gasteiger partial charge in [0.25, 0.3) is 0 Å². The van der Waals surface area contributed by atoms with E-state index in [1.807, 2.05) is 6.07 Å². The van der Waals surface area contributed by atoms with Gasteiger partial charge in [0.15, 0.2) is 9.84 Å². The Morgan fingerprint density at radius 1 is 1.40 bits per heavy atom. The van der Waals surface area contributed by atoms with Gasteiger partial charge in [-0.05, 0) is 18.4 Å². The molecule has 8 heteroatoms. The Balaban J connectivity index is 1.97. The summed E-state index contributed by atoms with van der Waals surface area (Å²) in [5.41, 5.74) is 0.957. The molecule has 1 aliphatic rings. The van der Waals surface area contributed by atoms with Crippen molar-refractivity contribution in [3.63, 3.8) is 0 Å². The number of sulfone groups is 1. The molecule has 1 amide bonds. The van der Waals surface area contributed by atoms with E-state index in [4.69, 9.17) is 4.84 Å². The number of hydrogen-bond acceptors (Lipinski definition) is 6. The molecule has 1 fully saturated rings. The first kappa shape index (κ1) is 14.9. The topological polar surface area (TPSA) is 84.8 Å². The van der Waals surface area contributed by atoms with E-state index in [2.05, 4.69) is 10.5 Å². The highest BCUT2D eigenvalue weighted by Gasteiger charge is 2.34. The number of oxime groups is 1. The third-order valence-electron chi connectivity index (χ3n) is 2.70. The molecular weight excluding hydrogens is 300 g/mol. The van der Waals surface area contributed by atoms with Gasteiger partial charge in [0, 0.05) is 5.69 Å². The van der Waals surface area contributed by atoms with Crippen molar-refractivity contribution in [1.82, 2.24) is 0 Å². The van der Waals surface area contributed by atoms with Gasteiger partial charge < -0.3 is 0 Å². The molecule has 1 aromatic carbocycles. The van der Waals surface area contributed by atoms with Crippen molar-refractivity contribution in [2.45, 2.75) is 5.25 Å². The van der Waals surface area contributed by atoms with E-state index in [1.165, 1.54) is 11.8 Å². The minimum atomic E-state index is -3.13. The number of amides is 1. The molecule has 1 saturated heterocycles. The van der Waals surface area contributed by atoms with Crippen LogP contribution in [0.25, 0.3) is 0 Å². The van der Waals surface area contributed by atoms with Gasteiger partial charge in [-0.25, -0.2) is 13.2 Å². The number of anilines is 1. The molecule has 1 heterocycles. The molecular formula is C12H14N2O4S2. The van der Waals surface area contributed by atoms with E-state index in [0.29, 0.717) is 11.4 Å². The van der Waals surface area contributed by atoms with Crippen LogP contribution in [0.4, 0.5) is 10.5 Å². The maximum absolute atomic E-state index is 11.5. The fraction of sp³-hybridized carbons (Fsp3) is 0.333. The molecule has 1 aliphatic heterocycles. The second-order valence-corrected chi connectivity index (χ2v) is 7.38. The van der Waals surface area contributed by atoms with Crippen LogP contribution in [0.15, 0.2) is 35.5 Å². The zero-order valence-corrected chi connectivity index (χ0v) is 12.4. The van der Waals surface area contributed by atoms with E-state index in [9.17, 15) is 13.2 Å². The van der Waals surface area contributed by atoms with Crippen LogP contribution < -0.4 is 5.32 Å². The average Bonchev–Trinajstić information content (AvgIpc) is 2.72. The third-order valence-corrected chi connectivity index (χ3v) is 5.49. The van der Waals surface area contributed by atoms with Crippen LogP contribution in [0, 0.1) is 0 Å². The van der Waals surface area contributed by atoms with Crippen LogP contribution in [0.3, 0.4) is 0 Å². The van der Waals surface area contributed by atoms with E-state index in [-0.39, 0.29) is 16.8 Å². The molecule has 0 bridgehead atoms. The number of thioether (sulfide) groups is 1. The number of hydrogen-bond donors (Lipinski definition) is 1. The number of rotatable bonds is 3. The number of nitrogens with zero attached hydrogens (tertiary/aromatic N) is 1. The molecule has 2 rings (SSSR count). The van der Waals surface area contributed by atoms with Crippen LogP contribution in [0.1, 0.15) is 0 Å². The molecule has 20 heavy (non-hydrogen) atoms. The molecule has 1 unspecified atom stereocenters. The predicted octanol–water partition coefficient (Wildman–Crippen LogP) is 1.75. The largest absolute Gasteiger partial charge is 0.437 e. The number of para-hydroxylation sites is 1. The monoisotopic (exact) mass is 314 g/mol. The van der Waals surface area contributed by atoms with Crippen molar-refractivity contribution >= 4 is 39.1 Å². The first-order chi connectivity index (χ1) is 9.50. The minimum Gasteiger partial charge on any atom is -0.298 e. The number of nitrogens with one attached hydrogen (secondary N) is 1. The second-order valence-electron chi connectivity index (χ2n) is 4.23. The summed E-state index contributed by atoms with van der Waals surface area (Å²) in [4.78, 5) is 16.2. The van der Waals surface area contributed by atoms with Crippen LogP contribution >= 0.6 is 11.8 Å². The lowest BCUT2D eigenvalue weighted by Crippen LogP contribution is -2.17. The van der Waals surface area contributed by atoms with Gasteiger partial charge in [0.05, 0.1) is 22.5 Å². The van der Waals surface area contributed by atoms with Gasteiger partial charge in [-0.3, -0.25) is 10.2 Å². The van der Waals surface area contributed by atoms with Crippen LogP contribution in [0.2, 0.25) is 0 Å². The Bertz CT molecular complexity index is 614. The first-order valence-electron chi connectivity index (χ1n) is 5.83. The fourth-order valence-corrected chi connectivity index (χ4v) is 4.90. The summed E-state index contributed by atoms with van der Waals surface area (Å²) in [6.07, 6.45) is 1.05. The molecule has 1 N–H and O–H groups in total. The maximum Gasteiger partial charge on any atom is 0.437 e. The standard InChI is InChI=1S/C12H14N2O4S2/c1-19-11-8-20(16,17)7-10(11)14-18-12(15)13-9-5-3-2-4-6-9/h2-6,11H,7-8H2,1H3,(H,13,15)/b14-10-. The molecule has 6 nitrogen and oxygen atoms in total. The minimum absolute atomic E-state index is 0.0384. The molecule has 0 spiro atoms. The van der Waals surface area contributed by atoms with Crippen molar-refractivity contribution in [1.29, 1.82) is 0 Å². The Labute approximate surface area is 121 Å². The lowest BCUT2D eigenvalue weighted by molar-refractivity contribution is 0.166. The molecule has 1 aromatic rings. The lowest BCUT2D eigenvalue weighted by Gasteiger charge is -2.05. The summed E-state index contributed by atoms with van der Waals surface area (Å²) in [5.74, 6) is -0.117. The van der Waals surface area contributed by atoms with Gasteiger partial charge in [-0.15, -0.1) is 0 Å². The lowest BCUT2D eigenvalue weighted by atomic mass is 10.3. The maximum atomic E-state index is 11.5. The van der Waals surface area contributed by atoms with Gasteiger partial charge >= 0.3 is 6.09 Å². The quantitative estimate of drug-likeness (QED) is 0.678. The number of carbonyl (C=O) groups excluding carboxylic acids is 1. The highest BCUT2D eigenvalue weighted by Crippen LogP contribution is 2.20. The molecule has 0 radical (unpaired) electrons. The first-order valence-corrected chi connectivity index (χ1v) is 8.94. The Kier molecular flexibility index (Phi) is 4.66. The Morgan fingerprint density at radius 3 is 2.75 bits per heavy atom. The van der Waals surface area contributed by atoms with E-state index >= 15 is 0 Å². The van der Waals surface area contributed by atoms with E-state index in [0.717, 1.165) is 0 Å². The van der Waals surface area contributed by atoms with Crippen LogP contribution in [-0.2, 0) is 14.7 Å². The Morgan fingerprint density at radius 2 is 2.10 bits per heavy atom. The number of benzene rings is 1.